The van der Waals surface area contributed by atoms with Crippen LogP contribution in [-0.4, -0.2) is 30.0 Å². The van der Waals surface area contributed by atoms with Crippen LogP contribution in [0.25, 0.3) is 0 Å². The Hall–Kier alpha value is -2.56. The molecule has 0 atom stereocenters. The molecule has 1 aromatic heterocycles. The number of aromatic nitrogens is 1. The largest absolute Gasteiger partial charge is 0.373 e. The number of carbonyl (C=O) groups excluding carboxylic acids is 1. The SMILES string of the molecule is CNc1ncccc1CN1C(=O)N(C)Cc2ccccc21. The predicted molar refractivity (Wildman–Crippen MR) is 83.3 cm³/mol. The van der Waals surface area contributed by atoms with E-state index >= 15 is 0 Å². The van der Waals surface area contributed by atoms with Crippen LogP contribution >= 0.6 is 0 Å². The van der Waals surface area contributed by atoms with Gasteiger partial charge in [0, 0.05) is 32.4 Å². The van der Waals surface area contributed by atoms with Crippen molar-refractivity contribution in [3.05, 3.63) is 53.7 Å². The number of carbonyl (C=O) groups is 1. The first-order valence-corrected chi connectivity index (χ1v) is 6.93. The maximum atomic E-state index is 12.5. The molecule has 2 heterocycles. The maximum Gasteiger partial charge on any atom is 0.324 e. The van der Waals surface area contributed by atoms with Gasteiger partial charge in [-0.1, -0.05) is 24.3 Å². The van der Waals surface area contributed by atoms with Crippen LogP contribution in [0.2, 0.25) is 0 Å². The van der Waals surface area contributed by atoms with Gasteiger partial charge in [-0.3, -0.25) is 4.90 Å². The standard InChI is InChI=1S/C16H18N4O/c1-17-15-13(7-5-9-18-15)11-20-14-8-4-3-6-12(14)10-19(2)16(20)21/h3-9H,10-11H2,1-2H3,(H,17,18). The fourth-order valence-electron chi connectivity index (χ4n) is 2.65. The van der Waals surface area contributed by atoms with Crippen molar-refractivity contribution in [2.75, 3.05) is 24.3 Å². The summed E-state index contributed by atoms with van der Waals surface area (Å²) in [5, 5.41) is 3.07. The van der Waals surface area contributed by atoms with Crippen molar-refractivity contribution in [3.63, 3.8) is 0 Å². The maximum absolute atomic E-state index is 12.5. The number of nitrogens with zero attached hydrogens (tertiary/aromatic N) is 3. The van der Waals surface area contributed by atoms with E-state index < -0.39 is 0 Å². The van der Waals surface area contributed by atoms with E-state index in [0.717, 1.165) is 22.6 Å². The van der Waals surface area contributed by atoms with Gasteiger partial charge in [0.15, 0.2) is 0 Å². The Morgan fingerprint density at radius 1 is 1.24 bits per heavy atom. The lowest BCUT2D eigenvalue weighted by atomic mass is 10.1. The van der Waals surface area contributed by atoms with E-state index in [4.69, 9.17) is 0 Å². The minimum Gasteiger partial charge on any atom is -0.373 e. The molecule has 0 bridgehead atoms. The van der Waals surface area contributed by atoms with Gasteiger partial charge in [0.1, 0.15) is 5.82 Å². The minimum absolute atomic E-state index is 0.0135. The number of urea groups is 1. The summed E-state index contributed by atoms with van der Waals surface area (Å²) < 4.78 is 0. The Balaban J connectivity index is 1.99. The van der Waals surface area contributed by atoms with E-state index in [-0.39, 0.29) is 6.03 Å². The van der Waals surface area contributed by atoms with Gasteiger partial charge in [0.05, 0.1) is 12.2 Å². The van der Waals surface area contributed by atoms with Gasteiger partial charge in [0.25, 0.3) is 0 Å². The molecular formula is C16H18N4O. The first-order chi connectivity index (χ1) is 10.2. The van der Waals surface area contributed by atoms with E-state index in [9.17, 15) is 4.79 Å². The number of hydrogen-bond acceptors (Lipinski definition) is 3. The molecule has 0 saturated carbocycles. The van der Waals surface area contributed by atoms with Gasteiger partial charge >= 0.3 is 6.03 Å². The topological polar surface area (TPSA) is 48.5 Å². The van der Waals surface area contributed by atoms with Crippen molar-refractivity contribution in [2.24, 2.45) is 0 Å². The predicted octanol–water partition coefficient (Wildman–Crippen LogP) is 2.70. The lowest BCUT2D eigenvalue weighted by Crippen LogP contribution is -2.44. The molecule has 5 heteroatoms. The molecule has 2 aromatic rings. The average Bonchev–Trinajstić information content (AvgIpc) is 2.52. The van der Waals surface area contributed by atoms with E-state index in [1.807, 2.05) is 44.4 Å². The Morgan fingerprint density at radius 3 is 2.86 bits per heavy atom. The summed E-state index contributed by atoms with van der Waals surface area (Å²) in [6, 6.07) is 11.9. The first-order valence-electron chi connectivity index (χ1n) is 6.93. The van der Waals surface area contributed by atoms with Crippen molar-refractivity contribution in [1.29, 1.82) is 0 Å². The highest BCUT2D eigenvalue weighted by atomic mass is 16.2. The zero-order chi connectivity index (χ0) is 14.8. The lowest BCUT2D eigenvalue weighted by Gasteiger charge is -2.35. The summed E-state index contributed by atoms with van der Waals surface area (Å²) in [5.41, 5.74) is 3.14. The van der Waals surface area contributed by atoms with E-state index in [0.29, 0.717) is 13.1 Å². The monoisotopic (exact) mass is 282 g/mol. The van der Waals surface area contributed by atoms with E-state index in [2.05, 4.69) is 16.4 Å². The average molecular weight is 282 g/mol. The molecule has 108 valence electrons. The number of hydrogen-bond donors (Lipinski definition) is 1. The number of rotatable bonds is 3. The normalized spacial score (nSPS) is 14.1. The molecule has 0 saturated heterocycles. The summed E-state index contributed by atoms with van der Waals surface area (Å²) in [4.78, 5) is 20.3. The number of para-hydroxylation sites is 1. The fraction of sp³-hybridized carbons (Fsp3) is 0.250. The zero-order valence-corrected chi connectivity index (χ0v) is 12.2. The van der Waals surface area contributed by atoms with E-state index in [1.165, 1.54) is 0 Å². The van der Waals surface area contributed by atoms with Gasteiger partial charge in [-0.05, 0) is 17.7 Å². The van der Waals surface area contributed by atoms with E-state index in [1.54, 1.807) is 16.0 Å². The van der Waals surface area contributed by atoms with Crippen LogP contribution in [-0.2, 0) is 13.1 Å². The molecule has 2 amide bonds. The summed E-state index contributed by atoms with van der Waals surface area (Å²) >= 11 is 0. The second-order valence-electron chi connectivity index (χ2n) is 5.11. The van der Waals surface area contributed by atoms with Gasteiger partial charge in [-0.2, -0.15) is 0 Å². The lowest BCUT2D eigenvalue weighted by molar-refractivity contribution is 0.210. The molecular weight excluding hydrogens is 264 g/mol. The molecule has 0 spiro atoms. The molecule has 1 aliphatic heterocycles. The van der Waals surface area contributed by atoms with Gasteiger partial charge in [-0.25, -0.2) is 9.78 Å². The van der Waals surface area contributed by atoms with Crippen LogP contribution in [0.15, 0.2) is 42.6 Å². The molecule has 0 unspecified atom stereocenters. The molecule has 0 aliphatic carbocycles. The summed E-state index contributed by atoms with van der Waals surface area (Å²) in [7, 11) is 3.66. The van der Waals surface area contributed by atoms with Crippen molar-refractivity contribution < 1.29 is 4.79 Å². The van der Waals surface area contributed by atoms with Gasteiger partial charge in [-0.15, -0.1) is 0 Å². The van der Waals surface area contributed by atoms with Crippen LogP contribution in [0.5, 0.6) is 0 Å². The third kappa shape index (κ3) is 2.42. The number of anilines is 2. The van der Waals surface area contributed by atoms with Crippen LogP contribution in [0.4, 0.5) is 16.3 Å². The summed E-state index contributed by atoms with van der Waals surface area (Å²) in [6.45, 7) is 1.15. The van der Waals surface area contributed by atoms with Crippen LogP contribution in [0, 0.1) is 0 Å². The molecule has 1 aliphatic rings. The summed E-state index contributed by atoms with van der Waals surface area (Å²) in [6.07, 6.45) is 1.74. The molecule has 0 radical (unpaired) electrons. The highest BCUT2D eigenvalue weighted by Crippen LogP contribution is 2.29. The van der Waals surface area contributed by atoms with Crippen LogP contribution in [0.3, 0.4) is 0 Å². The molecule has 3 rings (SSSR count). The Bertz CT molecular complexity index is 671. The first kappa shape index (κ1) is 13.4. The highest BCUT2D eigenvalue weighted by molar-refractivity contribution is 5.94. The quantitative estimate of drug-likeness (QED) is 0.941. The number of pyridine rings is 1. The molecule has 1 N–H and O–H groups in total. The van der Waals surface area contributed by atoms with Crippen molar-refractivity contribution in [3.8, 4) is 0 Å². The Labute approximate surface area is 124 Å². The number of amides is 2. The fourth-order valence-corrected chi connectivity index (χ4v) is 2.65. The highest BCUT2D eigenvalue weighted by Gasteiger charge is 2.28. The Kier molecular flexibility index (Phi) is 3.48. The molecule has 5 nitrogen and oxygen atoms in total. The van der Waals surface area contributed by atoms with Crippen molar-refractivity contribution >= 4 is 17.5 Å². The second-order valence-corrected chi connectivity index (χ2v) is 5.11. The second kappa shape index (κ2) is 5.44. The molecule has 1 aromatic carbocycles. The summed E-state index contributed by atoms with van der Waals surface area (Å²) in [5.74, 6) is 0.802. The van der Waals surface area contributed by atoms with Crippen molar-refractivity contribution in [2.45, 2.75) is 13.1 Å². The molecule has 0 fully saturated rings. The Morgan fingerprint density at radius 2 is 2.05 bits per heavy atom. The zero-order valence-electron chi connectivity index (χ0n) is 12.2. The number of fused-ring (bicyclic) bond motifs is 1. The third-order valence-electron chi connectivity index (χ3n) is 3.70. The molecule has 21 heavy (non-hydrogen) atoms. The van der Waals surface area contributed by atoms with Crippen LogP contribution < -0.4 is 10.2 Å². The van der Waals surface area contributed by atoms with Crippen LogP contribution in [0.1, 0.15) is 11.1 Å². The van der Waals surface area contributed by atoms with Gasteiger partial charge < -0.3 is 10.2 Å². The van der Waals surface area contributed by atoms with Gasteiger partial charge in [0.2, 0.25) is 0 Å². The smallest absolute Gasteiger partial charge is 0.324 e. The third-order valence-corrected chi connectivity index (χ3v) is 3.70. The number of benzene rings is 1. The van der Waals surface area contributed by atoms with Crippen molar-refractivity contribution in [1.82, 2.24) is 9.88 Å². The minimum atomic E-state index is 0.0135. The number of nitrogens with one attached hydrogen (secondary N) is 1.